The zero-order valence-electron chi connectivity index (χ0n) is 23.8. The summed E-state index contributed by atoms with van der Waals surface area (Å²) in [7, 11) is -4.19. The molecule has 3 aromatic carbocycles. The zero-order valence-corrected chi connectivity index (χ0v) is 25.4. The smallest absolute Gasteiger partial charge is 0.422 e. The Morgan fingerprint density at radius 2 is 1.89 bits per heavy atom. The predicted molar refractivity (Wildman–Crippen MR) is 162 cm³/mol. The number of fused-ring (bicyclic) bond motifs is 2. The fourth-order valence-electron chi connectivity index (χ4n) is 5.49. The molecule has 2 heterocycles. The number of imide groups is 1. The van der Waals surface area contributed by atoms with Crippen molar-refractivity contribution in [3.8, 4) is 0 Å². The first-order valence-electron chi connectivity index (χ1n) is 14.1. The van der Waals surface area contributed by atoms with Crippen LogP contribution in [0.15, 0.2) is 60.7 Å². The van der Waals surface area contributed by atoms with Crippen molar-refractivity contribution in [2.24, 2.45) is 0 Å². The van der Waals surface area contributed by atoms with E-state index in [-0.39, 0.29) is 47.5 Å². The molecule has 0 bridgehead atoms. The SMILES string of the molecule is O=C(N[C@@H](Cc1cccc(F)c1)C(=O)N1C(=O)O[C@]2(CCCNC2)c2c1ccc(Cl)c2F)c1ccc(NCCP(=O)(O)O)cc1. The van der Waals surface area contributed by atoms with Crippen LogP contribution in [0.5, 0.6) is 0 Å². The molecule has 5 rings (SSSR count). The first kappa shape index (κ1) is 32.5. The first-order valence-corrected chi connectivity index (χ1v) is 16.2. The van der Waals surface area contributed by atoms with Crippen molar-refractivity contribution in [1.82, 2.24) is 10.6 Å². The number of nitrogens with one attached hydrogen (secondary N) is 3. The third-order valence-electron chi connectivity index (χ3n) is 7.61. The number of nitrogens with zero attached hydrogens (tertiary/aromatic N) is 1. The van der Waals surface area contributed by atoms with Crippen LogP contribution in [0.3, 0.4) is 0 Å². The van der Waals surface area contributed by atoms with Gasteiger partial charge in [0.2, 0.25) is 0 Å². The molecule has 5 N–H and O–H groups in total. The number of carbonyl (C=O) groups is 3. The molecule has 15 heteroatoms. The van der Waals surface area contributed by atoms with Crippen LogP contribution >= 0.6 is 19.2 Å². The summed E-state index contributed by atoms with van der Waals surface area (Å²) in [5, 5.41) is 8.34. The Labute approximate surface area is 262 Å². The Balaban J connectivity index is 1.44. The first-order chi connectivity index (χ1) is 21.4. The van der Waals surface area contributed by atoms with Crippen molar-refractivity contribution in [2.45, 2.75) is 30.9 Å². The summed E-state index contributed by atoms with van der Waals surface area (Å²) in [6.07, 6.45) is -0.780. The second-order valence-corrected chi connectivity index (χ2v) is 13.0. The van der Waals surface area contributed by atoms with Crippen molar-refractivity contribution in [3.63, 3.8) is 0 Å². The van der Waals surface area contributed by atoms with Gasteiger partial charge in [0.25, 0.3) is 11.8 Å². The summed E-state index contributed by atoms with van der Waals surface area (Å²) in [6.45, 7) is 0.737. The van der Waals surface area contributed by atoms with Gasteiger partial charge in [0.05, 0.1) is 22.4 Å². The molecule has 3 aromatic rings. The number of halogens is 3. The maximum absolute atomic E-state index is 15.6. The minimum atomic E-state index is -4.19. The molecule has 45 heavy (non-hydrogen) atoms. The van der Waals surface area contributed by atoms with Crippen LogP contribution in [0.4, 0.5) is 25.0 Å². The van der Waals surface area contributed by atoms with E-state index in [0.717, 1.165) is 0 Å². The van der Waals surface area contributed by atoms with Crippen LogP contribution in [-0.2, 0) is 26.1 Å². The largest absolute Gasteiger partial charge is 0.436 e. The standard InChI is InChI=1S/C30H30ClF2N4O7P/c31-22-9-10-24-25(26(22)33)30(11-2-12-34-17-30)44-29(40)37(24)28(39)23(16-18-3-1-4-20(32)15-18)36-27(38)19-5-7-21(8-6-19)35-13-14-45(41,42)43/h1,3-10,15,23,34-35H,2,11-14,16-17H2,(H,36,38)(H2,41,42,43)/t23-,30-/m0/s1. The fraction of sp³-hybridized carbons (Fsp3) is 0.300. The lowest BCUT2D eigenvalue weighted by atomic mass is 9.83. The van der Waals surface area contributed by atoms with Gasteiger partial charge in [0, 0.05) is 30.8 Å². The highest BCUT2D eigenvalue weighted by molar-refractivity contribution is 7.51. The highest BCUT2D eigenvalue weighted by Crippen LogP contribution is 2.46. The molecular formula is C30H30ClF2N4O7P. The molecule has 1 fully saturated rings. The fourth-order valence-corrected chi connectivity index (χ4v) is 6.05. The van der Waals surface area contributed by atoms with Crippen molar-refractivity contribution >= 4 is 48.5 Å². The molecule has 2 atom stereocenters. The van der Waals surface area contributed by atoms with E-state index in [4.69, 9.17) is 26.1 Å². The monoisotopic (exact) mass is 662 g/mol. The van der Waals surface area contributed by atoms with Crippen molar-refractivity contribution in [2.75, 3.05) is 36.0 Å². The number of carbonyl (C=O) groups excluding carboxylic acids is 3. The molecule has 0 radical (unpaired) electrons. The number of rotatable bonds is 9. The maximum atomic E-state index is 15.6. The van der Waals surface area contributed by atoms with Crippen molar-refractivity contribution in [3.05, 3.63) is 94.0 Å². The van der Waals surface area contributed by atoms with E-state index >= 15 is 4.39 Å². The molecule has 11 nitrogen and oxygen atoms in total. The summed E-state index contributed by atoms with van der Waals surface area (Å²) in [4.78, 5) is 59.7. The third-order valence-corrected chi connectivity index (χ3v) is 8.71. The van der Waals surface area contributed by atoms with Gasteiger partial charge >= 0.3 is 13.7 Å². The van der Waals surface area contributed by atoms with Crippen molar-refractivity contribution in [1.29, 1.82) is 0 Å². The van der Waals surface area contributed by atoms with Gasteiger partial charge < -0.3 is 30.5 Å². The van der Waals surface area contributed by atoms with Crippen molar-refractivity contribution < 1.29 is 42.3 Å². The van der Waals surface area contributed by atoms with E-state index in [1.165, 1.54) is 54.6 Å². The number of amides is 3. The molecule has 2 aliphatic rings. The van der Waals surface area contributed by atoms with E-state index in [1.807, 2.05) is 0 Å². The number of ether oxygens (including phenoxy) is 1. The highest BCUT2D eigenvalue weighted by Gasteiger charge is 2.50. The van der Waals surface area contributed by atoms with Gasteiger partial charge in [-0.25, -0.2) is 18.5 Å². The normalized spacial score (nSPS) is 18.6. The lowest BCUT2D eigenvalue weighted by Crippen LogP contribution is -2.58. The van der Waals surface area contributed by atoms with Crippen LogP contribution in [0.1, 0.15) is 34.3 Å². The quantitative estimate of drug-likeness (QED) is 0.211. The molecule has 1 spiro atoms. The molecule has 0 aliphatic carbocycles. The van der Waals surface area contributed by atoms with Gasteiger partial charge in [-0.3, -0.25) is 14.2 Å². The Hall–Kier alpha value is -3.87. The molecule has 1 saturated heterocycles. The number of benzene rings is 3. The lowest BCUT2D eigenvalue weighted by molar-refractivity contribution is -0.120. The van der Waals surface area contributed by atoms with Gasteiger partial charge in [-0.1, -0.05) is 23.7 Å². The summed E-state index contributed by atoms with van der Waals surface area (Å²) in [5.41, 5.74) is -0.539. The average Bonchev–Trinajstić information content (AvgIpc) is 2.98. The lowest BCUT2D eigenvalue weighted by Gasteiger charge is -2.44. The summed E-state index contributed by atoms with van der Waals surface area (Å²) < 4.78 is 46.5. The number of anilines is 2. The van der Waals surface area contributed by atoms with Crippen LogP contribution < -0.4 is 20.9 Å². The van der Waals surface area contributed by atoms with Gasteiger partial charge in [-0.05, 0) is 73.5 Å². The summed E-state index contributed by atoms with van der Waals surface area (Å²) >= 11 is 6.12. The minimum Gasteiger partial charge on any atom is -0.436 e. The van der Waals surface area contributed by atoms with Crippen LogP contribution in [0.25, 0.3) is 0 Å². The van der Waals surface area contributed by atoms with E-state index in [9.17, 15) is 23.3 Å². The Morgan fingerprint density at radius 3 is 2.56 bits per heavy atom. The minimum absolute atomic E-state index is 0.00338. The molecule has 238 valence electrons. The van der Waals surface area contributed by atoms with E-state index in [2.05, 4.69) is 16.0 Å². The number of hydrogen-bond acceptors (Lipinski definition) is 7. The zero-order chi connectivity index (χ0) is 32.4. The van der Waals surface area contributed by atoms with Crippen LogP contribution in [0, 0.1) is 11.6 Å². The Kier molecular flexibility index (Phi) is 9.57. The van der Waals surface area contributed by atoms with E-state index in [0.29, 0.717) is 35.5 Å². The van der Waals surface area contributed by atoms with Crippen LogP contribution in [-0.4, -0.2) is 59.5 Å². The molecular weight excluding hydrogens is 633 g/mol. The van der Waals surface area contributed by atoms with E-state index < -0.39 is 48.8 Å². The molecule has 3 amide bonds. The van der Waals surface area contributed by atoms with Crippen LogP contribution in [0.2, 0.25) is 5.02 Å². The maximum Gasteiger partial charge on any atom is 0.422 e. The van der Waals surface area contributed by atoms with Gasteiger partial charge in [0.1, 0.15) is 11.9 Å². The Morgan fingerprint density at radius 1 is 1.13 bits per heavy atom. The average molecular weight is 663 g/mol. The Bertz CT molecular complexity index is 1660. The second kappa shape index (κ2) is 13.2. The van der Waals surface area contributed by atoms with Gasteiger partial charge in [-0.2, -0.15) is 0 Å². The molecule has 0 unspecified atom stereocenters. The van der Waals surface area contributed by atoms with E-state index in [1.54, 1.807) is 6.07 Å². The third kappa shape index (κ3) is 7.34. The predicted octanol–water partition coefficient (Wildman–Crippen LogP) is 4.31. The molecule has 0 saturated carbocycles. The molecule has 2 aliphatic heterocycles. The molecule has 0 aromatic heterocycles. The van der Waals surface area contributed by atoms with Gasteiger partial charge in [0.15, 0.2) is 11.4 Å². The number of piperidine rings is 1. The second-order valence-electron chi connectivity index (χ2n) is 10.8. The van der Waals surface area contributed by atoms with Gasteiger partial charge in [-0.15, -0.1) is 0 Å². The summed E-state index contributed by atoms with van der Waals surface area (Å²) in [6, 6.07) is 12.5. The summed E-state index contributed by atoms with van der Waals surface area (Å²) in [5.74, 6) is -3.04. The number of hydrogen-bond donors (Lipinski definition) is 5. The topological polar surface area (TPSA) is 157 Å². The highest BCUT2D eigenvalue weighted by atomic mass is 35.5.